The zero-order valence-electron chi connectivity index (χ0n) is 11.7. The summed E-state index contributed by atoms with van der Waals surface area (Å²) in [7, 11) is 1.85. The third-order valence-corrected chi connectivity index (χ3v) is 3.89. The Morgan fingerprint density at radius 3 is 2.57 bits per heavy atom. The van der Waals surface area contributed by atoms with E-state index >= 15 is 0 Å². The van der Waals surface area contributed by atoms with Crippen molar-refractivity contribution in [3.63, 3.8) is 0 Å². The predicted octanol–water partition coefficient (Wildman–Crippen LogP) is 3.86. The van der Waals surface area contributed by atoms with E-state index in [0.29, 0.717) is 16.6 Å². The van der Waals surface area contributed by atoms with Crippen LogP contribution in [-0.4, -0.2) is 18.5 Å². The lowest BCUT2D eigenvalue weighted by atomic mass is 10.0. The molecule has 2 N–H and O–H groups in total. The van der Waals surface area contributed by atoms with Crippen molar-refractivity contribution in [3.05, 3.63) is 69.7 Å². The molecule has 5 heteroatoms. The van der Waals surface area contributed by atoms with Gasteiger partial charge in [0.1, 0.15) is 11.6 Å². The first-order valence-corrected chi connectivity index (χ1v) is 7.40. The maximum atomic E-state index is 14.1. The maximum absolute atomic E-state index is 14.1. The summed E-state index contributed by atoms with van der Waals surface area (Å²) >= 11 is 3.24. The van der Waals surface area contributed by atoms with E-state index in [1.807, 2.05) is 18.0 Å². The molecule has 0 saturated heterocycles. The summed E-state index contributed by atoms with van der Waals surface area (Å²) in [5.74, 6) is -0.578. The zero-order valence-corrected chi connectivity index (χ0v) is 13.3. The van der Waals surface area contributed by atoms with Gasteiger partial charge in [-0.1, -0.05) is 34.1 Å². The Morgan fingerprint density at radius 1 is 1.19 bits per heavy atom. The monoisotopic (exact) mass is 354 g/mol. The largest absolute Gasteiger partial charge is 0.329 e. The lowest BCUT2D eigenvalue weighted by Crippen LogP contribution is -2.30. The van der Waals surface area contributed by atoms with Gasteiger partial charge in [-0.25, -0.2) is 8.78 Å². The molecule has 0 amide bonds. The van der Waals surface area contributed by atoms with Crippen molar-refractivity contribution in [1.82, 2.24) is 4.90 Å². The molecule has 0 spiro atoms. The highest BCUT2D eigenvalue weighted by Crippen LogP contribution is 2.25. The zero-order chi connectivity index (χ0) is 15.4. The summed E-state index contributed by atoms with van der Waals surface area (Å²) in [5, 5.41) is 0. The number of benzene rings is 2. The number of rotatable bonds is 5. The molecule has 0 aliphatic heterocycles. The minimum atomic E-state index is -0.300. The van der Waals surface area contributed by atoms with Crippen molar-refractivity contribution in [2.45, 2.75) is 12.6 Å². The van der Waals surface area contributed by atoms with Crippen LogP contribution in [0.4, 0.5) is 8.78 Å². The minimum Gasteiger partial charge on any atom is -0.329 e. The fourth-order valence-electron chi connectivity index (χ4n) is 2.35. The Bertz CT molecular complexity index is 619. The number of hydrogen-bond acceptors (Lipinski definition) is 2. The fourth-order valence-corrected chi connectivity index (χ4v) is 2.68. The predicted molar refractivity (Wildman–Crippen MR) is 83.8 cm³/mol. The molecule has 112 valence electrons. The number of likely N-dealkylation sites (N-methyl/N-ethyl adjacent to an activating group) is 1. The van der Waals surface area contributed by atoms with Crippen LogP contribution in [0.2, 0.25) is 0 Å². The van der Waals surface area contributed by atoms with Gasteiger partial charge in [-0.15, -0.1) is 0 Å². The first-order valence-electron chi connectivity index (χ1n) is 6.61. The Labute approximate surface area is 131 Å². The molecule has 0 aromatic heterocycles. The first kappa shape index (κ1) is 16.1. The van der Waals surface area contributed by atoms with Crippen LogP contribution >= 0.6 is 15.9 Å². The molecule has 1 atom stereocenters. The molecule has 2 aromatic carbocycles. The Balaban J connectivity index is 2.20. The van der Waals surface area contributed by atoms with Gasteiger partial charge in [-0.05, 0) is 36.9 Å². The van der Waals surface area contributed by atoms with Crippen molar-refractivity contribution in [1.29, 1.82) is 0 Å². The van der Waals surface area contributed by atoms with E-state index in [4.69, 9.17) is 5.73 Å². The van der Waals surface area contributed by atoms with E-state index < -0.39 is 0 Å². The van der Waals surface area contributed by atoms with Crippen LogP contribution < -0.4 is 5.73 Å². The second-order valence-electron chi connectivity index (χ2n) is 4.96. The summed E-state index contributed by atoms with van der Waals surface area (Å²) in [6, 6.07) is 11.0. The van der Waals surface area contributed by atoms with E-state index in [2.05, 4.69) is 15.9 Å². The summed E-state index contributed by atoms with van der Waals surface area (Å²) in [5.41, 5.74) is 7.17. The number of halogens is 3. The molecule has 2 nitrogen and oxygen atoms in total. The molecule has 2 aromatic rings. The topological polar surface area (TPSA) is 29.3 Å². The molecule has 0 saturated carbocycles. The number of nitrogens with two attached hydrogens (primary N) is 1. The highest BCUT2D eigenvalue weighted by molar-refractivity contribution is 9.10. The molecule has 2 rings (SSSR count). The maximum Gasteiger partial charge on any atom is 0.129 e. The third kappa shape index (κ3) is 4.09. The van der Waals surface area contributed by atoms with E-state index in [9.17, 15) is 8.78 Å². The molecule has 1 unspecified atom stereocenters. The van der Waals surface area contributed by atoms with Crippen LogP contribution in [0, 0.1) is 11.6 Å². The van der Waals surface area contributed by atoms with Crippen LogP contribution in [0.15, 0.2) is 46.9 Å². The van der Waals surface area contributed by atoms with Crippen LogP contribution in [0.5, 0.6) is 0 Å². The van der Waals surface area contributed by atoms with Gasteiger partial charge in [0.15, 0.2) is 0 Å². The van der Waals surface area contributed by atoms with E-state index in [0.717, 1.165) is 5.56 Å². The summed E-state index contributed by atoms with van der Waals surface area (Å²) in [6.45, 7) is 0.777. The summed E-state index contributed by atoms with van der Waals surface area (Å²) < 4.78 is 28.0. The molecule has 0 bridgehead atoms. The van der Waals surface area contributed by atoms with Crippen molar-refractivity contribution in [2.75, 3.05) is 13.6 Å². The van der Waals surface area contributed by atoms with Gasteiger partial charge in [-0.3, -0.25) is 4.90 Å². The van der Waals surface area contributed by atoms with Gasteiger partial charge < -0.3 is 5.73 Å². The number of hydrogen-bond donors (Lipinski definition) is 1. The standard InChI is InChI=1S/C16H17BrF2N2/c1-21(10-11-3-2-4-13(18)7-11)16(9-20)14-6-5-12(17)8-15(14)19/h2-8,16H,9-10,20H2,1H3. The lowest BCUT2D eigenvalue weighted by Gasteiger charge is -2.27. The smallest absolute Gasteiger partial charge is 0.129 e. The van der Waals surface area contributed by atoms with Gasteiger partial charge >= 0.3 is 0 Å². The van der Waals surface area contributed by atoms with Gasteiger partial charge in [0.05, 0.1) is 0 Å². The highest BCUT2D eigenvalue weighted by atomic mass is 79.9. The van der Waals surface area contributed by atoms with Gasteiger partial charge in [-0.2, -0.15) is 0 Å². The van der Waals surface area contributed by atoms with Crippen LogP contribution in [0.3, 0.4) is 0 Å². The molecular weight excluding hydrogens is 338 g/mol. The normalized spacial score (nSPS) is 12.7. The number of nitrogens with zero attached hydrogens (tertiary/aromatic N) is 1. The van der Waals surface area contributed by atoms with Crippen LogP contribution in [-0.2, 0) is 6.54 Å². The average molecular weight is 355 g/mol. The fraction of sp³-hybridized carbons (Fsp3) is 0.250. The van der Waals surface area contributed by atoms with Crippen molar-refractivity contribution in [3.8, 4) is 0 Å². The van der Waals surface area contributed by atoms with E-state index in [1.54, 1.807) is 18.2 Å². The Hall–Kier alpha value is -1.30. The van der Waals surface area contributed by atoms with Crippen molar-refractivity contribution >= 4 is 15.9 Å². The summed E-state index contributed by atoms with van der Waals surface area (Å²) in [6.07, 6.45) is 0. The summed E-state index contributed by atoms with van der Waals surface area (Å²) in [4.78, 5) is 1.92. The quantitative estimate of drug-likeness (QED) is 0.883. The average Bonchev–Trinajstić information content (AvgIpc) is 2.42. The van der Waals surface area contributed by atoms with Crippen molar-refractivity contribution in [2.24, 2.45) is 5.73 Å². The third-order valence-electron chi connectivity index (χ3n) is 3.40. The van der Waals surface area contributed by atoms with Gasteiger partial charge in [0, 0.05) is 29.2 Å². The van der Waals surface area contributed by atoms with E-state index in [-0.39, 0.29) is 24.2 Å². The van der Waals surface area contributed by atoms with Crippen LogP contribution in [0.25, 0.3) is 0 Å². The van der Waals surface area contributed by atoms with E-state index in [1.165, 1.54) is 18.2 Å². The Morgan fingerprint density at radius 2 is 1.95 bits per heavy atom. The molecule has 0 aliphatic rings. The molecule has 0 aliphatic carbocycles. The molecular formula is C16H17BrF2N2. The van der Waals surface area contributed by atoms with Gasteiger partial charge in [0.2, 0.25) is 0 Å². The van der Waals surface area contributed by atoms with Crippen molar-refractivity contribution < 1.29 is 8.78 Å². The second-order valence-corrected chi connectivity index (χ2v) is 5.88. The Kier molecular flexibility index (Phi) is 5.45. The van der Waals surface area contributed by atoms with Gasteiger partial charge in [0.25, 0.3) is 0 Å². The SMILES string of the molecule is CN(Cc1cccc(F)c1)C(CN)c1ccc(Br)cc1F. The first-order chi connectivity index (χ1) is 10.0. The molecule has 0 radical (unpaired) electrons. The highest BCUT2D eigenvalue weighted by Gasteiger charge is 2.19. The molecule has 0 fully saturated rings. The minimum absolute atomic E-state index is 0.263. The van der Waals surface area contributed by atoms with Crippen LogP contribution in [0.1, 0.15) is 17.2 Å². The molecule has 0 heterocycles. The second kappa shape index (κ2) is 7.11. The lowest BCUT2D eigenvalue weighted by molar-refractivity contribution is 0.236. The molecule has 21 heavy (non-hydrogen) atoms.